The quantitative estimate of drug-likeness (QED) is 0.650. The van der Waals surface area contributed by atoms with E-state index in [1.807, 2.05) is 6.07 Å². The van der Waals surface area contributed by atoms with Crippen molar-refractivity contribution in [1.29, 1.82) is 0 Å². The van der Waals surface area contributed by atoms with Crippen molar-refractivity contribution in [3.05, 3.63) is 33.7 Å². The molecule has 0 unspecified atom stereocenters. The van der Waals surface area contributed by atoms with Crippen LogP contribution in [0, 0.1) is 0 Å². The molecule has 2 N–H and O–H groups in total. The maximum atomic E-state index is 11.2. The molecule has 0 aliphatic heterocycles. The molecule has 3 nitrogen and oxygen atoms in total. The van der Waals surface area contributed by atoms with Gasteiger partial charge in [-0.1, -0.05) is 6.07 Å². The second-order valence-electron chi connectivity index (χ2n) is 3.91. The molecule has 1 heterocycles. The molecule has 3 rings (SSSR count). The first-order valence-electron chi connectivity index (χ1n) is 5.07. The zero-order chi connectivity index (χ0) is 9.54. The van der Waals surface area contributed by atoms with E-state index in [-0.39, 0.29) is 5.69 Å². The van der Waals surface area contributed by atoms with Crippen LogP contribution in [0.1, 0.15) is 24.0 Å². The summed E-state index contributed by atoms with van der Waals surface area (Å²) in [5.41, 5.74) is 4.60. The highest BCUT2D eigenvalue weighted by molar-refractivity contribution is 5.79. The van der Waals surface area contributed by atoms with Crippen LogP contribution in [-0.4, -0.2) is 9.97 Å². The first kappa shape index (κ1) is 7.85. The summed E-state index contributed by atoms with van der Waals surface area (Å²) in [7, 11) is 0. The summed E-state index contributed by atoms with van der Waals surface area (Å²) in [5, 5.41) is 0. The molecule has 0 spiro atoms. The van der Waals surface area contributed by atoms with E-state index in [9.17, 15) is 4.79 Å². The standard InChI is InChI=1S/C11H12N2O/c14-11-12-9-6-5-7-3-1-2-4-8(7)10(9)13-11/h5-6H,1-4H2,(H2,12,13,14). The molecule has 1 aliphatic carbocycles. The summed E-state index contributed by atoms with van der Waals surface area (Å²) in [6.07, 6.45) is 4.76. The van der Waals surface area contributed by atoms with E-state index in [0.29, 0.717) is 0 Å². The molecule has 1 aromatic heterocycles. The fraction of sp³-hybridized carbons (Fsp3) is 0.364. The van der Waals surface area contributed by atoms with Crippen LogP contribution in [0.15, 0.2) is 16.9 Å². The number of rotatable bonds is 0. The van der Waals surface area contributed by atoms with E-state index in [0.717, 1.165) is 23.9 Å². The van der Waals surface area contributed by atoms with Gasteiger partial charge in [0.2, 0.25) is 0 Å². The normalized spacial score (nSPS) is 15.7. The third-order valence-corrected chi connectivity index (χ3v) is 3.02. The summed E-state index contributed by atoms with van der Waals surface area (Å²) in [6, 6.07) is 4.14. The first-order chi connectivity index (χ1) is 6.84. The van der Waals surface area contributed by atoms with Crippen molar-refractivity contribution in [2.24, 2.45) is 0 Å². The van der Waals surface area contributed by atoms with Crippen molar-refractivity contribution in [2.75, 3.05) is 0 Å². The van der Waals surface area contributed by atoms with Crippen molar-refractivity contribution in [1.82, 2.24) is 9.97 Å². The van der Waals surface area contributed by atoms with E-state index < -0.39 is 0 Å². The van der Waals surface area contributed by atoms with Crippen LogP contribution in [0.5, 0.6) is 0 Å². The predicted octanol–water partition coefficient (Wildman–Crippen LogP) is 1.73. The van der Waals surface area contributed by atoms with Crippen molar-refractivity contribution < 1.29 is 0 Å². The Morgan fingerprint density at radius 3 is 2.86 bits per heavy atom. The second-order valence-corrected chi connectivity index (χ2v) is 3.91. The average molecular weight is 188 g/mol. The Hall–Kier alpha value is -1.51. The average Bonchev–Trinajstić information content (AvgIpc) is 2.59. The van der Waals surface area contributed by atoms with Crippen LogP contribution in [0.2, 0.25) is 0 Å². The molecule has 14 heavy (non-hydrogen) atoms. The van der Waals surface area contributed by atoms with Gasteiger partial charge in [-0.25, -0.2) is 4.79 Å². The third-order valence-electron chi connectivity index (χ3n) is 3.02. The fourth-order valence-electron chi connectivity index (χ4n) is 2.34. The molecule has 1 aliphatic rings. The molecule has 0 saturated heterocycles. The van der Waals surface area contributed by atoms with Gasteiger partial charge in [0.1, 0.15) is 0 Å². The summed E-state index contributed by atoms with van der Waals surface area (Å²) in [5.74, 6) is 0. The number of fused-ring (bicyclic) bond motifs is 3. The van der Waals surface area contributed by atoms with Gasteiger partial charge in [-0.05, 0) is 42.9 Å². The Balaban J connectivity index is 2.39. The number of aromatic amines is 2. The topological polar surface area (TPSA) is 48.6 Å². The van der Waals surface area contributed by atoms with Gasteiger partial charge in [0.25, 0.3) is 0 Å². The Bertz CT molecular complexity index is 536. The number of hydrogen-bond donors (Lipinski definition) is 2. The van der Waals surface area contributed by atoms with Crippen molar-refractivity contribution in [3.8, 4) is 0 Å². The highest BCUT2D eigenvalue weighted by atomic mass is 16.1. The number of aromatic nitrogens is 2. The molecular weight excluding hydrogens is 176 g/mol. The Morgan fingerprint density at radius 2 is 1.93 bits per heavy atom. The molecule has 0 atom stereocenters. The van der Waals surface area contributed by atoms with E-state index in [4.69, 9.17) is 0 Å². The summed E-state index contributed by atoms with van der Waals surface area (Å²) in [6.45, 7) is 0. The first-order valence-corrected chi connectivity index (χ1v) is 5.07. The molecule has 0 amide bonds. The van der Waals surface area contributed by atoms with E-state index in [2.05, 4.69) is 16.0 Å². The molecule has 0 bridgehead atoms. The van der Waals surface area contributed by atoms with Crippen LogP contribution in [0.4, 0.5) is 0 Å². The lowest BCUT2D eigenvalue weighted by atomic mass is 9.91. The van der Waals surface area contributed by atoms with Gasteiger partial charge in [-0.2, -0.15) is 0 Å². The lowest BCUT2D eigenvalue weighted by Crippen LogP contribution is -2.03. The number of H-pyrrole nitrogens is 2. The number of benzene rings is 1. The molecule has 0 radical (unpaired) electrons. The zero-order valence-corrected chi connectivity index (χ0v) is 7.89. The van der Waals surface area contributed by atoms with Crippen molar-refractivity contribution >= 4 is 11.0 Å². The monoisotopic (exact) mass is 188 g/mol. The molecule has 2 aromatic rings. The highest BCUT2D eigenvalue weighted by Gasteiger charge is 2.13. The fourth-order valence-corrected chi connectivity index (χ4v) is 2.34. The van der Waals surface area contributed by atoms with Gasteiger partial charge < -0.3 is 9.97 Å². The maximum Gasteiger partial charge on any atom is 0.323 e. The number of aryl methyl sites for hydroxylation is 2. The van der Waals surface area contributed by atoms with Gasteiger partial charge in [-0.3, -0.25) is 0 Å². The van der Waals surface area contributed by atoms with Gasteiger partial charge in [0.05, 0.1) is 11.0 Å². The second kappa shape index (κ2) is 2.74. The van der Waals surface area contributed by atoms with Crippen LogP contribution >= 0.6 is 0 Å². The summed E-state index contributed by atoms with van der Waals surface area (Å²) < 4.78 is 0. The lowest BCUT2D eigenvalue weighted by molar-refractivity contribution is 0.689. The minimum absolute atomic E-state index is 0.0982. The number of nitrogens with one attached hydrogen (secondary N) is 2. The van der Waals surface area contributed by atoms with Crippen LogP contribution in [0.25, 0.3) is 11.0 Å². The molecule has 1 aromatic carbocycles. The molecule has 0 fully saturated rings. The van der Waals surface area contributed by atoms with Gasteiger partial charge in [-0.15, -0.1) is 0 Å². The van der Waals surface area contributed by atoms with Crippen LogP contribution in [-0.2, 0) is 12.8 Å². The Morgan fingerprint density at radius 1 is 1.07 bits per heavy atom. The van der Waals surface area contributed by atoms with Crippen molar-refractivity contribution in [3.63, 3.8) is 0 Å². The number of hydrogen-bond acceptors (Lipinski definition) is 1. The van der Waals surface area contributed by atoms with Crippen LogP contribution in [0.3, 0.4) is 0 Å². The van der Waals surface area contributed by atoms with E-state index >= 15 is 0 Å². The number of imidazole rings is 1. The maximum absolute atomic E-state index is 11.2. The molecule has 0 saturated carbocycles. The smallest absolute Gasteiger partial charge is 0.306 e. The van der Waals surface area contributed by atoms with E-state index in [1.54, 1.807) is 0 Å². The lowest BCUT2D eigenvalue weighted by Gasteiger charge is -2.15. The minimum atomic E-state index is -0.0982. The molecular formula is C11H12N2O. The van der Waals surface area contributed by atoms with Gasteiger partial charge >= 0.3 is 5.69 Å². The zero-order valence-electron chi connectivity index (χ0n) is 7.89. The largest absolute Gasteiger partial charge is 0.323 e. The van der Waals surface area contributed by atoms with Gasteiger partial charge in [0.15, 0.2) is 0 Å². The Kier molecular flexibility index (Phi) is 1.54. The van der Waals surface area contributed by atoms with E-state index in [1.165, 1.54) is 24.0 Å². The Labute approximate surface area is 81.2 Å². The van der Waals surface area contributed by atoms with Crippen LogP contribution < -0.4 is 5.69 Å². The third kappa shape index (κ3) is 1.02. The highest BCUT2D eigenvalue weighted by Crippen LogP contribution is 2.26. The minimum Gasteiger partial charge on any atom is -0.306 e. The predicted molar refractivity (Wildman–Crippen MR) is 55.6 cm³/mol. The van der Waals surface area contributed by atoms with Gasteiger partial charge in [0, 0.05) is 0 Å². The SMILES string of the molecule is O=c1[nH]c2ccc3c(c2[nH]1)CCCC3. The van der Waals surface area contributed by atoms with Crippen molar-refractivity contribution in [2.45, 2.75) is 25.7 Å². The molecule has 72 valence electrons. The summed E-state index contributed by atoms with van der Waals surface area (Å²) >= 11 is 0. The summed E-state index contributed by atoms with van der Waals surface area (Å²) in [4.78, 5) is 16.8. The molecule has 3 heteroatoms.